The van der Waals surface area contributed by atoms with E-state index in [1.165, 1.54) is 0 Å². The lowest BCUT2D eigenvalue weighted by atomic mass is 9.97. The van der Waals surface area contributed by atoms with Gasteiger partial charge >= 0.3 is 11.9 Å². The zero-order valence-electron chi connectivity index (χ0n) is 32.7. The zero-order chi connectivity index (χ0) is 40.7. The number of ether oxygens (including phenoxy) is 9. The van der Waals surface area contributed by atoms with E-state index in [2.05, 4.69) is 0 Å². The Morgan fingerprint density at radius 3 is 1.49 bits per heavy atom. The van der Waals surface area contributed by atoms with Gasteiger partial charge in [-0.05, 0) is 53.1 Å². The van der Waals surface area contributed by atoms with E-state index in [9.17, 15) is 9.59 Å². The normalized spacial score (nSPS) is 23.9. The molecule has 2 aliphatic heterocycles. The van der Waals surface area contributed by atoms with E-state index < -0.39 is 61.1 Å². The summed E-state index contributed by atoms with van der Waals surface area (Å²) in [6.07, 6.45) is -2.98. The van der Waals surface area contributed by atoms with Crippen LogP contribution in [0.5, 0.6) is 0 Å². The standard InChI is InChI=1S/C48H48O11/c1-51-48-45(55-31-36-21-11-4-12-22-36)44(54-30-35-19-9-3-10-20-35)43(53-29-34-17-7-2-8-18-34)41(59-48)33-52-42-28-27-39(58-47(50)38-25-15-6-16-26-38)40(57-42)32-56-46(49)37-23-13-5-14-24-37/h2-28,39-45,48H,29-33H2,1H3/t39-,40-,41-,42+,43-,44+,45-,48+/m1/s1. The second-order valence-corrected chi connectivity index (χ2v) is 14.0. The van der Waals surface area contributed by atoms with E-state index in [0.29, 0.717) is 17.7 Å². The molecule has 5 aromatic carbocycles. The summed E-state index contributed by atoms with van der Waals surface area (Å²) in [6.45, 7) is 0.611. The number of rotatable bonds is 18. The third-order valence-corrected chi connectivity index (χ3v) is 9.88. The summed E-state index contributed by atoms with van der Waals surface area (Å²) >= 11 is 0. The van der Waals surface area contributed by atoms with Crippen molar-refractivity contribution >= 4 is 11.9 Å². The highest BCUT2D eigenvalue weighted by molar-refractivity contribution is 5.90. The monoisotopic (exact) mass is 800 g/mol. The molecule has 0 bridgehead atoms. The van der Waals surface area contributed by atoms with E-state index >= 15 is 0 Å². The fraction of sp³-hybridized carbons (Fsp3) is 0.292. The predicted molar refractivity (Wildman–Crippen MR) is 217 cm³/mol. The molecule has 2 heterocycles. The Morgan fingerprint density at radius 1 is 0.492 bits per heavy atom. The minimum atomic E-state index is -0.933. The summed E-state index contributed by atoms with van der Waals surface area (Å²) < 4.78 is 56.7. The lowest BCUT2D eigenvalue weighted by Crippen LogP contribution is -2.61. The first-order valence-corrected chi connectivity index (χ1v) is 19.6. The Labute approximate surface area is 344 Å². The SMILES string of the molecule is CO[C@H]1O[C@H](CO[C@@H]2C=C[C@@H](OC(=O)c3ccccc3)[C@@H](COC(=O)c3ccccc3)O2)[C@@H](OCc2ccccc2)[C@H](OCc2ccccc2)[C@H]1OCc1ccccc1. The third-order valence-electron chi connectivity index (χ3n) is 9.88. The maximum absolute atomic E-state index is 13.1. The minimum absolute atomic E-state index is 0.0179. The first-order chi connectivity index (χ1) is 29.0. The lowest BCUT2D eigenvalue weighted by molar-refractivity contribution is -0.327. The molecule has 306 valence electrons. The van der Waals surface area contributed by atoms with Gasteiger partial charge in [-0.1, -0.05) is 127 Å². The number of methoxy groups -OCH3 is 1. The van der Waals surface area contributed by atoms with Gasteiger partial charge in [0.1, 0.15) is 37.1 Å². The fourth-order valence-corrected chi connectivity index (χ4v) is 6.80. The molecular formula is C48H48O11. The van der Waals surface area contributed by atoms with Gasteiger partial charge in [0.25, 0.3) is 0 Å². The van der Waals surface area contributed by atoms with Gasteiger partial charge < -0.3 is 42.6 Å². The van der Waals surface area contributed by atoms with Gasteiger partial charge in [0.15, 0.2) is 18.7 Å². The molecule has 0 amide bonds. The van der Waals surface area contributed by atoms with Crippen LogP contribution in [0.1, 0.15) is 37.4 Å². The Balaban J connectivity index is 1.11. The van der Waals surface area contributed by atoms with E-state index in [0.717, 1.165) is 16.7 Å². The van der Waals surface area contributed by atoms with Crippen LogP contribution in [-0.2, 0) is 62.5 Å². The summed E-state index contributed by atoms with van der Waals surface area (Å²) in [4.78, 5) is 26.0. The Morgan fingerprint density at radius 2 is 0.966 bits per heavy atom. The third kappa shape index (κ3) is 11.8. The minimum Gasteiger partial charge on any atom is -0.459 e. The van der Waals surface area contributed by atoms with Crippen LogP contribution in [0.15, 0.2) is 164 Å². The number of carbonyl (C=O) groups is 2. The number of hydrogen-bond donors (Lipinski definition) is 0. The molecule has 1 fully saturated rings. The van der Waals surface area contributed by atoms with Gasteiger partial charge in [-0.25, -0.2) is 9.59 Å². The molecule has 0 aliphatic carbocycles. The summed E-state index contributed by atoms with van der Waals surface area (Å²) in [5.41, 5.74) is 3.68. The van der Waals surface area contributed by atoms with E-state index in [1.54, 1.807) is 67.8 Å². The van der Waals surface area contributed by atoms with Gasteiger partial charge in [0, 0.05) is 7.11 Å². The molecular weight excluding hydrogens is 753 g/mol. The highest BCUT2D eigenvalue weighted by Crippen LogP contribution is 2.32. The average Bonchev–Trinajstić information content (AvgIpc) is 3.30. The Hall–Kier alpha value is -5.50. The lowest BCUT2D eigenvalue weighted by Gasteiger charge is -2.45. The smallest absolute Gasteiger partial charge is 0.338 e. The highest BCUT2D eigenvalue weighted by atomic mass is 16.7. The fourth-order valence-electron chi connectivity index (χ4n) is 6.80. The molecule has 59 heavy (non-hydrogen) atoms. The van der Waals surface area contributed by atoms with Crippen molar-refractivity contribution in [3.05, 3.63) is 192 Å². The number of esters is 2. The first kappa shape index (κ1) is 41.7. The van der Waals surface area contributed by atoms with Crippen LogP contribution in [0.3, 0.4) is 0 Å². The maximum Gasteiger partial charge on any atom is 0.338 e. The summed E-state index contributed by atoms with van der Waals surface area (Å²) in [6, 6.07) is 46.8. The first-order valence-electron chi connectivity index (χ1n) is 19.6. The zero-order valence-corrected chi connectivity index (χ0v) is 32.7. The van der Waals surface area contributed by atoms with Crippen LogP contribution in [-0.4, -0.2) is 81.5 Å². The summed E-state index contributed by atoms with van der Waals surface area (Å²) in [7, 11) is 1.56. The molecule has 11 heteroatoms. The van der Waals surface area contributed by atoms with Crippen molar-refractivity contribution in [2.45, 2.75) is 69.0 Å². The van der Waals surface area contributed by atoms with Gasteiger partial charge in [-0.15, -0.1) is 0 Å². The van der Waals surface area contributed by atoms with Crippen molar-refractivity contribution in [1.82, 2.24) is 0 Å². The van der Waals surface area contributed by atoms with Gasteiger partial charge in [0.2, 0.25) is 0 Å². The van der Waals surface area contributed by atoms with Crippen LogP contribution in [0, 0.1) is 0 Å². The molecule has 0 unspecified atom stereocenters. The van der Waals surface area contributed by atoms with Crippen LogP contribution in [0.25, 0.3) is 0 Å². The van der Waals surface area contributed by atoms with E-state index in [-0.39, 0.29) is 26.4 Å². The van der Waals surface area contributed by atoms with Crippen molar-refractivity contribution < 1.29 is 52.2 Å². The molecule has 0 N–H and O–H groups in total. The van der Waals surface area contributed by atoms with Crippen molar-refractivity contribution in [2.75, 3.05) is 20.3 Å². The molecule has 2 aliphatic rings. The molecule has 0 aromatic heterocycles. The molecule has 1 saturated heterocycles. The second kappa shape index (κ2) is 21.5. The van der Waals surface area contributed by atoms with Gasteiger partial charge in [-0.2, -0.15) is 0 Å². The van der Waals surface area contributed by atoms with Gasteiger partial charge in [-0.3, -0.25) is 0 Å². The van der Waals surface area contributed by atoms with E-state index in [4.69, 9.17) is 42.6 Å². The topological polar surface area (TPSA) is 117 Å². The van der Waals surface area contributed by atoms with Crippen molar-refractivity contribution in [1.29, 1.82) is 0 Å². The van der Waals surface area contributed by atoms with Crippen molar-refractivity contribution in [3.63, 3.8) is 0 Å². The summed E-state index contributed by atoms with van der Waals surface area (Å²) in [5.74, 6) is -1.09. The van der Waals surface area contributed by atoms with Crippen molar-refractivity contribution in [3.8, 4) is 0 Å². The average molecular weight is 801 g/mol. The largest absolute Gasteiger partial charge is 0.459 e. The second-order valence-electron chi connectivity index (χ2n) is 14.0. The highest BCUT2D eigenvalue weighted by Gasteiger charge is 2.49. The number of benzene rings is 5. The Kier molecular flexibility index (Phi) is 15.2. The van der Waals surface area contributed by atoms with Crippen LogP contribution >= 0.6 is 0 Å². The van der Waals surface area contributed by atoms with Gasteiger partial charge in [0.05, 0.1) is 37.6 Å². The predicted octanol–water partition coefficient (Wildman–Crippen LogP) is 7.49. The molecule has 0 saturated carbocycles. The maximum atomic E-state index is 13.1. The van der Waals surface area contributed by atoms with Crippen LogP contribution in [0.4, 0.5) is 0 Å². The summed E-state index contributed by atoms with van der Waals surface area (Å²) in [5, 5.41) is 0. The van der Waals surface area contributed by atoms with Crippen molar-refractivity contribution in [2.24, 2.45) is 0 Å². The van der Waals surface area contributed by atoms with Crippen LogP contribution < -0.4 is 0 Å². The molecule has 7 rings (SSSR count). The quantitative estimate of drug-likeness (QED) is 0.0648. The number of carbonyl (C=O) groups excluding carboxylic acids is 2. The van der Waals surface area contributed by atoms with Crippen LogP contribution in [0.2, 0.25) is 0 Å². The number of hydrogen-bond acceptors (Lipinski definition) is 11. The molecule has 0 spiro atoms. The molecule has 5 aromatic rings. The Bertz CT molecular complexity index is 2030. The molecule has 11 nitrogen and oxygen atoms in total. The van der Waals surface area contributed by atoms with E-state index in [1.807, 2.05) is 103 Å². The molecule has 8 atom stereocenters. The molecule has 0 radical (unpaired) electrons.